The molecule has 2 aliphatic heterocycles. The van der Waals surface area contributed by atoms with Crippen LogP contribution in [0.2, 0.25) is 0 Å². The Kier molecular flexibility index (Phi) is 7.49. The number of H-pyrrole nitrogens is 1. The molecule has 1 unspecified atom stereocenters. The Bertz CT molecular complexity index is 1340. The number of methoxy groups -OCH3 is 1. The van der Waals surface area contributed by atoms with Crippen molar-refractivity contribution < 1.29 is 24.2 Å². The number of nitrogens with one attached hydrogen (secondary N) is 3. The second-order valence-corrected chi connectivity index (χ2v) is 9.72. The Morgan fingerprint density at radius 1 is 1.26 bits per heavy atom. The zero-order valence-electron chi connectivity index (χ0n) is 21.1. The number of aliphatic hydroxyl groups excluding tert-OH is 1. The van der Waals surface area contributed by atoms with Gasteiger partial charge in [-0.05, 0) is 43.2 Å². The number of carbonyl (C=O) groups excluding carboxylic acids is 2. The van der Waals surface area contributed by atoms with E-state index in [4.69, 9.17) is 9.47 Å². The van der Waals surface area contributed by atoms with Gasteiger partial charge in [0.2, 0.25) is 11.8 Å². The number of ether oxygens (including phenoxy) is 2. The van der Waals surface area contributed by atoms with Gasteiger partial charge in [-0.3, -0.25) is 14.5 Å². The van der Waals surface area contributed by atoms with Gasteiger partial charge in [0.05, 0.1) is 24.9 Å². The normalized spacial score (nSPS) is 23.0. The van der Waals surface area contributed by atoms with Crippen molar-refractivity contribution in [3.8, 4) is 17.6 Å². The van der Waals surface area contributed by atoms with Crippen molar-refractivity contribution in [2.45, 2.75) is 43.7 Å². The van der Waals surface area contributed by atoms with Crippen molar-refractivity contribution in [2.75, 3.05) is 20.2 Å². The number of amides is 2. The summed E-state index contributed by atoms with van der Waals surface area (Å²) in [4.78, 5) is 30.4. The van der Waals surface area contributed by atoms with Crippen LogP contribution in [0, 0.1) is 17.2 Å². The first-order chi connectivity index (χ1) is 18.5. The highest BCUT2D eigenvalue weighted by Gasteiger charge is 2.43. The molecule has 2 amide bonds. The molecular weight excluding hydrogens is 486 g/mol. The summed E-state index contributed by atoms with van der Waals surface area (Å²) in [6.07, 6.45) is -0.285. The lowest BCUT2D eigenvalue weighted by Crippen LogP contribution is -2.48. The van der Waals surface area contributed by atoms with Crippen molar-refractivity contribution in [2.24, 2.45) is 5.92 Å². The van der Waals surface area contributed by atoms with Crippen LogP contribution in [0.1, 0.15) is 31.2 Å². The molecule has 0 bridgehead atoms. The predicted octanol–water partition coefficient (Wildman–Crippen LogP) is 2.22. The number of para-hydroxylation sites is 1. The van der Waals surface area contributed by atoms with E-state index in [0.29, 0.717) is 43.1 Å². The number of carbonyl (C=O) groups is 2. The quantitative estimate of drug-likeness (QED) is 0.341. The molecule has 5 atom stereocenters. The molecule has 2 saturated heterocycles. The van der Waals surface area contributed by atoms with E-state index in [1.165, 1.54) is 0 Å². The van der Waals surface area contributed by atoms with E-state index in [1.54, 1.807) is 12.0 Å². The number of rotatable bonds is 9. The van der Waals surface area contributed by atoms with E-state index in [9.17, 15) is 20.0 Å². The lowest BCUT2D eigenvalue weighted by atomic mass is 9.98. The van der Waals surface area contributed by atoms with Crippen LogP contribution in [0.4, 0.5) is 0 Å². The van der Waals surface area contributed by atoms with Crippen LogP contribution < -0.4 is 20.1 Å². The fourth-order valence-electron chi connectivity index (χ4n) is 5.34. The van der Waals surface area contributed by atoms with Crippen molar-refractivity contribution in [3.63, 3.8) is 0 Å². The lowest BCUT2D eigenvalue weighted by Gasteiger charge is -2.28. The standard InChI is InChI=1S/C28H31N5O5/c1-37-25-9-5-8-22-21(25)14-23(32-22)28(36)33-16-20(38-19-6-3-2-4-7-19)13-24(33)27(35)31-18(15-29)12-17-10-11-30-26(17)34/h2-9,14,17-18,20,24,28,32,36H,10-13,16H2,1H3,(H,30,34)(H,31,35)/t17-,18-,20+,24-,28?/m0/s1. The average molecular weight is 518 g/mol. The van der Waals surface area contributed by atoms with Gasteiger partial charge in [-0.2, -0.15) is 5.26 Å². The summed E-state index contributed by atoms with van der Waals surface area (Å²) in [5, 5.41) is 27.5. The summed E-state index contributed by atoms with van der Waals surface area (Å²) in [6, 6.07) is 17.3. The molecule has 2 fully saturated rings. The molecule has 4 N–H and O–H groups in total. The van der Waals surface area contributed by atoms with Crippen molar-refractivity contribution >= 4 is 22.7 Å². The van der Waals surface area contributed by atoms with E-state index in [1.807, 2.05) is 54.6 Å². The average Bonchev–Trinajstić information content (AvgIpc) is 3.66. The van der Waals surface area contributed by atoms with E-state index >= 15 is 0 Å². The van der Waals surface area contributed by atoms with E-state index < -0.39 is 18.3 Å². The maximum Gasteiger partial charge on any atom is 0.238 e. The van der Waals surface area contributed by atoms with Gasteiger partial charge in [0, 0.05) is 36.3 Å². The first kappa shape index (κ1) is 25.6. The molecular formula is C28H31N5O5. The van der Waals surface area contributed by atoms with Crippen LogP contribution >= 0.6 is 0 Å². The predicted molar refractivity (Wildman–Crippen MR) is 139 cm³/mol. The number of aliphatic hydroxyl groups is 1. The van der Waals surface area contributed by atoms with Crippen LogP contribution in [-0.4, -0.2) is 65.2 Å². The van der Waals surface area contributed by atoms with Crippen molar-refractivity contribution in [3.05, 3.63) is 60.3 Å². The molecule has 0 saturated carbocycles. The summed E-state index contributed by atoms with van der Waals surface area (Å²) >= 11 is 0. The SMILES string of the molecule is COc1cccc2[nH]c(C(O)N3C[C@H](Oc4ccccc4)C[C@H]3C(=O)N[C@H](C#N)C[C@@H]3CCNC3=O)cc12. The van der Waals surface area contributed by atoms with Crippen LogP contribution in [-0.2, 0) is 9.59 Å². The number of fused-ring (bicyclic) bond motifs is 1. The summed E-state index contributed by atoms with van der Waals surface area (Å²) in [6.45, 7) is 0.870. The number of nitriles is 1. The number of hydrogen-bond acceptors (Lipinski definition) is 7. The van der Waals surface area contributed by atoms with E-state index in [2.05, 4.69) is 21.7 Å². The zero-order valence-corrected chi connectivity index (χ0v) is 21.1. The number of likely N-dealkylation sites (tertiary alicyclic amines) is 1. The fourth-order valence-corrected chi connectivity index (χ4v) is 5.34. The number of aromatic amines is 1. The van der Waals surface area contributed by atoms with Gasteiger partial charge < -0.3 is 30.2 Å². The molecule has 3 heterocycles. The van der Waals surface area contributed by atoms with Gasteiger partial charge in [0.25, 0.3) is 0 Å². The zero-order chi connectivity index (χ0) is 26.6. The highest BCUT2D eigenvalue weighted by Crippen LogP contribution is 2.34. The Labute approximate surface area is 220 Å². The van der Waals surface area contributed by atoms with Crippen LogP contribution in [0.15, 0.2) is 54.6 Å². The Balaban J connectivity index is 1.37. The van der Waals surface area contributed by atoms with E-state index in [0.717, 1.165) is 10.9 Å². The Morgan fingerprint density at radius 3 is 2.79 bits per heavy atom. The molecule has 0 aliphatic carbocycles. The molecule has 10 nitrogen and oxygen atoms in total. The first-order valence-electron chi connectivity index (χ1n) is 12.8. The maximum atomic E-state index is 13.5. The minimum atomic E-state index is -1.13. The van der Waals surface area contributed by atoms with Gasteiger partial charge >= 0.3 is 0 Å². The van der Waals surface area contributed by atoms with Crippen molar-refractivity contribution in [1.82, 2.24) is 20.5 Å². The second kappa shape index (κ2) is 11.1. The van der Waals surface area contributed by atoms with Gasteiger partial charge in [0.1, 0.15) is 29.9 Å². The summed E-state index contributed by atoms with van der Waals surface area (Å²) in [5.41, 5.74) is 1.32. The third-order valence-corrected chi connectivity index (χ3v) is 7.26. The molecule has 2 aliphatic rings. The number of hydrogen-bond donors (Lipinski definition) is 4. The molecule has 0 radical (unpaired) electrons. The third kappa shape index (κ3) is 5.30. The van der Waals surface area contributed by atoms with Crippen molar-refractivity contribution in [1.29, 1.82) is 5.26 Å². The monoisotopic (exact) mass is 517 g/mol. The molecule has 1 aromatic heterocycles. The number of benzene rings is 2. The Morgan fingerprint density at radius 2 is 2.08 bits per heavy atom. The van der Waals surface area contributed by atoms with Crippen LogP contribution in [0.3, 0.4) is 0 Å². The van der Waals surface area contributed by atoms with Crippen LogP contribution in [0.5, 0.6) is 11.5 Å². The summed E-state index contributed by atoms with van der Waals surface area (Å²) in [7, 11) is 1.59. The topological polar surface area (TPSA) is 140 Å². The largest absolute Gasteiger partial charge is 0.496 e. The maximum absolute atomic E-state index is 13.5. The molecule has 3 aromatic rings. The second-order valence-electron chi connectivity index (χ2n) is 9.72. The molecule has 5 rings (SSSR count). The minimum Gasteiger partial charge on any atom is -0.496 e. The van der Waals surface area contributed by atoms with E-state index in [-0.39, 0.29) is 30.3 Å². The number of nitrogens with zero attached hydrogens (tertiary/aromatic N) is 2. The number of aromatic nitrogens is 1. The minimum absolute atomic E-state index is 0.0945. The highest BCUT2D eigenvalue weighted by atomic mass is 16.5. The fraction of sp³-hybridized carbons (Fsp3) is 0.393. The molecule has 198 valence electrons. The van der Waals surface area contributed by atoms with Gasteiger partial charge in [-0.25, -0.2) is 0 Å². The van der Waals surface area contributed by atoms with Gasteiger partial charge in [0.15, 0.2) is 0 Å². The summed E-state index contributed by atoms with van der Waals surface area (Å²) in [5.74, 6) is 0.557. The lowest BCUT2D eigenvalue weighted by molar-refractivity contribution is -0.130. The van der Waals surface area contributed by atoms with Gasteiger partial charge in [-0.15, -0.1) is 0 Å². The first-order valence-corrected chi connectivity index (χ1v) is 12.8. The molecule has 2 aromatic carbocycles. The summed E-state index contributed by atoms with van der Waals surface area (Å²) < 4.78 is 11.6. The molecule has 0 spiro atoms. The smallest absolute Gasteiger partial charge is 0.238 e. The van der Waals surface area contributed by atoms with Crippen LogP contribution in [0.25, 0.3) is 10.9 Å². The Hall–Kier alpha value is -4.07. The van der Waals surface area contributed by atoms with Gasteiger partial charge in [-0.1, -0.05) is 24.3 Å². The molecule has 10 heteroatoms. The highest BCUT2D eigenvalue weighted by molar-refractivity contribution is 5.87. The molecule has 38 heavy (non-hydrogen) atoms. The third-order valence-electron chi connectivity index (χ3n) is 7.26.